The van der Waals surface area contributed by atoms with Gasteiger partial charge in [-0.25, -0.2) is 9.18 Å². The molecule has 1 saturated heterocycles. The first-order chi connectivity index (χ1) is 16.2. The fourth-order valence-electron chi connectivity index (χ4n) is 2.78. The number of amides is 3. The lowest BCUT2D eigenvalue weighted by Gasteiger charge is -2.13. The Labute approximate surface area is 206 Å². The van der Waals surface area contributed by atoms with E-state index in [0.717, 1.165) is 4.90 Å². The van der Waals surface area contributed by atoms with Crippen molar-refractivity contribution < 1.29 is 37.8 Å². The van der Waals surface area contributed by atoms with Gasteiger partial charge in [0.05, 0.1) is 19.1 Å². The number of thioether (sulfide) groups is 1. The molecule has 12 heteroatoms. The van der Waals surface area contributed by atoms with Crippen molar-refractivity contribution in [1.29, 1.82) is 0 Å². The van der Waals surface area contributed by atoms with E-state index in [9.17, 15) is 23.6 Å². The van der Waals surface area contributed by atoms with Crippen molar-refractivity contribution in [3.05, 3.63) is 57.2 Å². The molecule has 1 heterocycles. The molecule has 0 saturated carbocycles. The molecule has 0 atom stereocenters. The highest BCUT2D eigenvalue weighted by Crippen LogP contribution is 2.38. The number of benzene rings is 2. The molecule has 0 bridgehead atoms. The van der Waals surface area contributed by atoms with Gasteiger partial charge < -0.3 is 19.5 Å². The van der Waals surface area contributed by atoms with Gasteiger partial charge in [-0.1, -0.05) is 15.9 Å². The Morgan fingerprint density at radius 2 is 1.85 bits per heavy atom. The van der Waals surface area contributed by atoms with Crippen molar-refractivity contribution in [2.24, 2.45) is 0 Å². The molecule has 2 aromatic rings. The van der Waals surface area contributed by atoms with Crippen molar-refractivity contribution in [2.45, 2.75) is 0 Å². The third-order valence-corrected chi connectivity index (χ3v) is 6.04. The number of rotatable bonds is 8. The van der Waals surface area contributed by atoms with Crippen LogP contribution >= 0.6 is 27.7 Å². The van der Waals surface area contributed by atoms with Gasteiger partial charge in [-0.15, -0.1) is 0 Å². The van der Waals surface area contributed by atoms with Crippen LogP contribution in [0, 0.1) is 5.82 Å². The van der Waals surface area contributed by atoms with Crippen LogP contribution in [0.25, 0.3) is 6.08 Å². The Morgan fingerprint density at radius 3 is 2.50 bits per heavy atom. The summed E-state index contributed by atoms with van der Waals surface area (Å²) in [5.74, 6) is -1.72. The van der Waals surface area contributed by atoms with E-state index in [4.69, 9.17) is 9.47 Å². The molecule has 0 aliphatic carbocycles. The minimum Gasteiger partial charge on any atom is -0.493 e. The monoisotopic (exact) mass is 552 g/mol. The first kappa shape index (κ1) is 25.2. The van der Waals surface area contributed by atoms with Crippen LogP contribution in [0.1, 0.15) is 5.56 Å². The van der Waals surface area contributed by atoms with E-state index in [0.29, 0.717) is 27.5 Å². The maximum absolute atomic E-state index is 13.0. The van der Waals surface area contributed by atoms with Gasteiger partial charge in [-0.05, 0) is 59.8 Å². The molecule has 178 valence electrons. The van der Waals surface area contributed by atoms with Gasteiger partial charge in [0, 0.05) is 10.2 Å². The van der Waals surface area contributed by atoms with E-state index in [2.05, 4.69) is 26.0 Å². The molecule has 1 aliphatic heterocycles. The van der Waals surface area contributed by atoms with Crippen LogP contribution in [0.5, 0.6) is 11.5 Å². The van der Waals surface area contributed by atoms with E-state index in [1.807, 2.05) is 0 Å². The maximum Gasteiger partial charge on any atom is 0.343 e. The minimum atomic E-state index is -0.638. The van der Waals surface area contributed by atoms with Gasteiger partial charge >= 0.3 is 5.97 Å². The third-order valence-electron chi connectivity index (χ3n) is 4.45. The molecule has 3 amide bonds. The standard InChI is InChI=1S/C22H18BrFN2O7S/c1-31-16-7-12(15(23)9-17(16)33-11-20(28)32-2)8-18-21(29)26(22(30)34-18)10-19(27)25-14-5-3-13(24)4-6-14/h3-9H,10-11H2,1-2H3,(H,25,27)/b18-8+. The number of methoxy groups -OCH3 is 2. The summed E-state index contributed by atoms with van der Waals surface area (Å²) >= 11 is 4.05. The quantitative estimate of drug-likeness (QED) is 0.388. The molecule has 0 radical (unpaired) electrons. The number of esters is 1. The molecular formula is C22H18BrFN2O7S. The summed E-state index contributed by atoms with van der Waals surface area (Å²) in [5, 5.41) is 1.90. The molecule has 2 aromatic carbocycles. The van der Waals surface area contributed by atoms with Gasteiger partial charge in [-0.3, -0.25) is 19.3 Å². The molecule has 1 aliphatic rings. The van der Waals surface area contributed by atoms with Crippen LogP contribution in [-0.4, -0.2) is 55.3 Å². The summed E-state index contributed by atoms with van der Waals surface area (Å²) in [4.78, 5) is 49.6. The van der Waals surface area contributed by atoms with Crippen LogP contribution < -0.4 is 14.8 Å². The average molecular weight is 553 g/mol. The van der Waals surface area contributed by atoms with Crippen LogP contribution in [0.15, 0.2) is 45.8 Å². The highest BCUT2D eigenvalue weighted by molar-refractivity contribution is 9.10. The van der Waals surface area contributed by atoms with E-state index in [1.165, 1.54) is 44.6 Å². The van der Waals surface area contributed by atoms with Crippen molar-refractivity contribution in [3.63, 3.8) is 0 Å². The van der Waals surface area contributed by atoms with E-state index in [1.54, 1.807) is 12.1 Å². The molecule has 9 nitrogen and oxygen atoms in total. The second kappa shape index (κ2) is 11.2. The number of hydrogen-bond donors (Lipinski definition) is 1. The summed E-state index contributed by atoms with van der Waals surface area (Å²) in [6.07, 6.45) is 1.47. The Kier molecular flexibility index (Phi) is 8.29. The topological polar surface area (TPSA) is 111 Å². The Balaban J connectivity index is 1.74. The number of nitrogens with zero attached hydrogens (tertiary/aromatic N) is 1. The van der Waals surface area contributed by atoms with E-state index >= 15 is 0 Å². The molecule has 34 heavy (non-hydrogen) atoms. The zero-order valence-corrected chi connectivity index (χ0v) is 20.3. The van der Waals surface area contributed by atoms with Gasteiger partial charge in [0.15, 0.2) is 18.1 Å². The lowest BCUT2D eigenvalue weighted by molar-refractivity contribution is -0.143. The first-order valence-corrected chi connectivity index (χ1v) is 11.2. The summed E-state index contributed by atoms with van der Waals surface area (Å²) in [7, 11) is 2.65. The average Bonchev–Trinajstić information content (AvgIpc) is 3.07. The van der Waals surface area contributed by atoms with Crippen LogP contribution in [0.3, 0.4) is 0 Å². The predicted octanol–water partition coefficient (Wildman–Crippen LogP) is 3.82. The minimum absolute atomic E-state index is 0.102. The van der Waals surface area contributed by atoms with Crippen LogP contribution in [0.2, 0.25) is 0 Å². The molecule has 1 N–H and O–H groups in total. The molecule has 1 fully saturated rings. The second-order valence-electron chi connectivity index (χ2n) is 6.71. The number of imide groups is 1. The number of hydrogen-bond acceptors (Lipinski definition) is 8. The SMILES string of the molecule is COC(=O)COc1cc(Br)c(/C=C2/SC(=O)N(CC(=O)Nc3ccc(F)cc3)C2=O)cc1OC. The van der Waals surface area contributed by atoms with Crippen molar-refractivity contribution in [3.8, 4) is 11.5 Å². The highest BCUT2D eigenvalue weighted by atomic mass is 79.9. The van der Waals surface area contributed by atoms with Crippen LogP contribution in [0.4, 0.5) is 14.9 Å². The lowest BCUT2D eigenvalue weighted by atomic mass is 10.2. The number of anilines is 1. The highest BCUT2D eigenvalue weighted by Gasteiger charge is 2.36. The largest absolute Gasteiger partial charge is 0.493 e. The zero-order valence-electron chi connectivity index (χ0n) is 17.9. The second-order valence-corrected chi connectivity index (χ2v) is 8.56. The number of ether oxygens (including phenoxy) is 3. The number of nitrogens with one attached hydrogen (secondary N) is 1. The van der Waals surface area contributed by atoms with E-state index < -0.39 is 35.4 Å². The van der Waals surface area contributed by atoms with Crippen molar-refractivity contribution in [2.75, 3.05) is 32.7 Å². The molecule has 3 rings (SSSR count). The summed E-state index contributed by atoms with van der Waals surface area (Å²) in [6.45, 7) is -0.818. The maximum atomic E-state index is 13.0. The van der Waals surface area contributed by atoms with Crippen molar-refractivity contribution in [1.82, 2.24) is 4.90 Å². The number of halogens is 2. The normalized spacial score (nSPS) is 14.4. The molecule has 0 aromatic heterocycles. The fraction of sp³-hybridized carbons (Fsp3) is 0.182. The van der Waals surface area contributed by atoms with Crippen molar-refractivity contribution >= 4 is 62.5 Å². The third kappa shape index (κ3) is 6.14. The first-order valence-electron chi connectivity index (χ1n) is 9.59. The van der Waals surface area contributed by atoms with Gasteiger partial charge in [0.2, 0.25) is 5.91 Å². The number of carbonyl (C=O) groups is 4. The Hall–Kier alpha value is -3.38. The van der Waals surface area contributed by atoms with Gasteiger partial charge in [0.25, 0.3) is 11.1 Å². The summed E-state index contributed by atoms with van der Waals surface area (Å²) < 4.78 is 28.7. The summed E-state index contributed by atoms with van der Waals surface area (Å²) in [5.41, 5.74) is 0.836. The number of carbonyl (C=O) groups excluding carboxylic acids is 4. The smallest absolute Gasteiger partial charge is 0.343 e. The molecular weight excluding hydrogens is 535 g/mol. The zero-order chi connectivity index (χ0) is 24.8. The molecule has 0 unspecified atom stereocenters. The summed E-state index contributed by atoms with van der Waals surface area (Å²) in [6, 6.07) is 8.20. The van der Waals surface area contributed by atoms with Gasteiger partial charge in [-0.2, -0.15) is 0 Å². The fourth-order valence-corrected chi connectivity index (χ4v) is 4.05. The Morgan fingerprint density at radius 1 is 1.15 bits per heavy atom. The molecule has 0 spiro atoms. The van der Waals surface area contributed by atoms with Crippen LogP contribution in [-0.2, 0) is 19.1 Å². The van der Waals surface area contributed by atoms with E-state index in [-0.39, 0.29) is 23.0 Å². The Bertz CT molecular complexity index is 1170. The van der Waals surface area contributed by atoms with Gasteiger partial charge in [0.1, 0.15) is 12.4 Å². The predicted molar refractivity (Wildman–Crippen MR) is 126 cm³/mol. The lowest BCUT2D eigenvalue weighted by Crippen LogP contribution is -2.36.